The van der Waals surface area contributed by atoms with Crippen molar-refractivity contribution in [1.29, 1.82) is 0 Å². The summed E-state index contributed by atoms with van der Waals surface area (Å²) in [4.78, 5) is 9.52. The molecule has 0 saturated carbocycles. The number of halogens is 4. The van der Waals surface area contributed by atoms with Gasteiger partial charge in [-0.05, 0) is 0 Å². The zero-order valence-electron chi connectivity index (χ0n) is 10.6. The topological polar surface area (TPSA) is 112 Å². The van der Waals surface area contributed by atoms with E-state index in [4.69, 9.17) is 0 Å². The van der Waals surface area contributed by atoms with Gasteiger partial charge >= 0.3 is 17.8 Å². The molecule has 0 amide bonds. The molecular weight excluding hydrogens is 316 g/mol. The quantitative estimate of drug-likeness (QED) is 0.491. The highest BCUT2D eigenvalue weighted by Crippen LogP contribution is 2.24. The van der Waals surface area contributed by atoms with Crippen molar-refractivity contribution in [3.63, 3.8) is 0 Å². The van der Waals surface area contributed by atoms with E-state index in [1.165, 1.54) is 0 Å². The van der Waals surface area contributed by atoms with Gasteiger partial charge in [0.1, 0.15) is 18.8 Å². The number of aliphatic hydroxyl groups is 1. The van der Waals surface area contributed by atoms with E-state index in [2.05, 4.69) is 15.4 Å². The van der Waals surface area contributed by atoms with Gasteiger partial charge in [-0.3, -0.25) is 14.8 Å². The van der Waals surface area contributed by atoms with Crippen LogP contribution in [-0.4, -0.2) is 47.6 Å². The summed E-state index contributed by atoms with van der Waals surface area (Å²) in [7, 11) is 0. The molecule has 9 nitrogen and oxygen atoms in total. The fourth-order valence-electron chi connectivity index (χ4n) is 1.77. The number of alkyl halides is 3. The zero-order valence-corrected chi connectivity index (χ0v) is 10.6. The summed E-state index contributed by atoms with van der Waals surface area (Å²) in [5, 5.41) is 29.6. The summed E-state index contributed by atoms with van der Waals surface area (Å²) in [6, 6.07) is -1.31. The highest BCUT2D eigenvalue weighted by molar-refractivity contribution is 5.24. The second-order valence-electron chi connectivity index (χ2n) is 4.17. The van der Waals surface area contributed by atoms with Crippen LogP contribution in [0.1, 0.15) is 11.7 Å². The number of nitrogens with zero attached hydrogens (tertiary/aromatic N) is 6. The van der Waals surface area contributed by atoms with Gasteiger partial charge in [0, 0.05) is 0 Å². The van der Waals surface area contributed by atoms with Crippen molar-refractivity contribution < 1.29 is 27.6 Å². The Hall–Kier alpha value is -2.57. The molecule has 0 bridgehead atoms. The Labute approximate surface area is 118 Å². The Bertz CT molecular complexity index is 681. The van der Waals surface area contributed by atoms with Crippen LogP contribution in [0.25, 0.3) is 0 Å². The lowest BCUT2D eigenvalue weighted by atomic mass is 10.2. The average molecular weight is 324 g/mol. The van der Waals surface area contributed by atoms with Crippen LogP contribution in [0, 0.1) is 16.1 Å². The molecule has 0 spiro atoms. The van der Waals surface area contributed by atoms with E-state index in [0.29, 0.717) is 15.6 Å². The Morgan fingerprint density at radius 1 is 1.45 bits per heavy atom. The minimum absolute atomic E-state index is 0.225. The van der Waals surface area contributed by atoms with Crippen molar-refractivity contribution in [2.75, 3.05) is 6.61 Å². The van der Waals surface area contributed by atoms with Crippen LogP contribution in [0.15, 0.2) is 12.4 Å². The number of aromatic nitrogens is 5. The normalized spacial score (nSPS) is 13.3. The molecule has 0 radical (unpaired) electrons. The number of hydrogen-bond donors (Lipinski definition) is 1. The molecule has 120 valence electrons. The van der Waals surface area contributed by atoms with Crippen molar-refractivity contribution in [3.05, 3.63) is 34.1 Å². The summed E-state index contributed by atoms with van der Waals surface area (Å²) < 4.78 is 51.7. The van der Waals surface area contributed by atoms with E-state index >= 15 is 0 Å². The SMILES string of the molecule is O=[N+]([O-])c1cn(C(CO)c2cnnn2CC(F)(F)F)nc1F. The summed E-state index contributed by atoms with van der Waals surface area (Å²) in [5.74, 6) is -1.42. The van der Waals surface area contributed by atoms with Gasteiger partial charge in [0.2, 0.25) is 0 Å². The standard InChI is InChI=1S/C9H8F4N6O3/c10-8-6(19(21)22)2-17(15-8)7(3-20)5-1-14-16-18(5)4-9(11,12)13/h1-2,7,20H,3-4H2. The van der Waals surface area contributed by atoms with Crippen LogP contribution < -0.4 is 0 Å². The third-order valence-corrected chi connectivity index (χ3v) is 2.68. The molecule has 2 heterocycles. The largest absolute Gasteiger partial charge is 0.408 e. The maximum Gasteiger partial charge on any atom is 0.408 e. The van der Waals surface area contributed by atoms with Crippen LogP contribution in [0.2, 0.25) is 0 Å². The molecule has 0 aliphatic heterocycles. The Morgan fingerprint density at radius 2 is 2.14 bits per heavy atom. The monoisotopic (exact) mass is 324 g/mol. The van der Waals surface area contributed by atoms with Gasteiger partial charge in [0.25, 0.3) is 0 Å². The van der Waals surface area contributed by atoms with Crippen LogP contribution in [0.4, 0.5) is 23.2 Å². The van der Waals surface area contributed by atoms with Gasteiger partial charge in [-0.1, -0.05) is 5.21 Å². The smallest absolute Gasteiger partial charge is 0.394 e. The van der Waals surface area contributed by atoms with E-state index in [-0.39, 0.29) is 5.69 Å². The zero-order chi connectivity index (χ0) is 16.5. The van der Waals surface area contributed by atoms with Crippen LogP contribution >= 0.6 is 0 Å². The molecule has 2 aromatic rings. The van der Waals surface area contributed by atoms with E-state index in [1.807, 2.05) is 0 Å². The van der Waals surface area contributed by atoms with E-state index in [0.717, 1.165) is 6.20 Å². The lowest BCUT2D eigenvalue weighted by Gasteiger charge is -2.16. The molecule has 1 atom stereocenters. The summed E-state index contributed by atoms with van der Waals surface area (Å²) in [5.41, 5.74) is -1.19. The highest BCUT2D eigenvalue weighted by Gasteiger charge is 2.32. The molecule has 2 rings (SSSR count). The number of rotatable bonds is 5. The molecule has 22 heavy (non-hydrogen) atoms. The first-order valence-corrected chi connectivity index (χ1v) is 5.68. The van der Waals surface area contributed by atoms with Gasteiger partial charge in [0.15, 0.2) is 0 Å². The van der Waals surface area contributed by atoms with Crippen LogP contribution in [-0.2, 0) is 6.54 Å². The molecule has 13 heteroatoms. The predicted octanol–water partition coefficient (Wildman–Crippen LogP) is 0.666. The molecule has 0 aliphatic carbocycles. The molecule has 2 aromatic heterocycles. The van der Waals surface area contributed by atoms with Crippen LogP contribution in [0.5, 0.6) is 0 Å². The van der Waals surface area contributed by atoms with E-state index in [9.17, 15) is 32.8 Å². The Morgan fingerprint density at radius 3 is 2.64 bits per heavy atom. The van der Waals surface area contributed by atoms with E-state index in [1.54, 1.807) is 0 Å². The second-order valence-corrected chi connectivity index (χ2v) is 4.17. The maximum absolute atomic E-state index is 13.3. The second kappa shape index (κ2) is 5.67. The van der Waals surface area contributed by atoms with Crippen LogP contribution in [0.3, 0.4) is 0 Å². The third-order valence-electron chi connectivity index (χ3n) is 2.68. The summed E-state index contributed by atoms with van der Waals surface area (Å²) in [6.45, 7) is -2.27. The first-order valence-electron chi connectivity index (χ1n) is 5.68. The molecule has 0 aromatic carbocycles. The fraction of sp³-hybridized carbons (Fsp3) is 0.444. The third kappa shape index (κ3) is 3.19. The molecule has 1 N–H and O–H groups in total. The molecule has 0 saturated heterocycles. The fourth-order valence-corrected chi connectivity index (χ4v) is 1.77. The van der Waals surface area contributed by atoms with Crippen molar-refractivity contribution in [2.45, 2.75) is 18.8 Å². The minimum Gasteiger partial charge on any atom is -0.394 e. The average Bonchev–Trinajstić information content (AvgIpc) is 2.96. The van der Waals surface area contributed by atoms with Gasteiger partial charge in [0.05, 0.1) is 23.4 Å². The number of hydrogen-bond acceptors (Lipinski definition) is 6. The summed E-state index contributed by atoms with van der Waals surface area (Å²) >= 11 is 0. The lowest BCUT2D eigenvalue weighted by Crippen LogP contribution is -2.25. The molecular formula is C9H8F4N6O3. The maximum atomic E-state index is 13.3. The first-order chi connectivity index (χ1) is 10.2. The van der Waals surface area contributed by atoms with Crippen molar-refractivity contribution >= 4 is 5.69 Å². The lowest BCUT2D eigenvalue weighted by molar-refractivity contribution is -0.387. The highest BCUT2D eigenvalue weighted by atomic mass is 19.4. The van der Waals surface area contributed by atoms with Crippen molar-refractivity contribution in [2.24, 2.45) is 0 Å². The number of nitro groups is 1. The summed E-state index contributed by atoms with van der Waals surface area (Å²) in [6.07, 6.45) is -3.00. The molecule has 0 fully saturated rings. The predicted molar refractivity (Wildman–Crippen MR) is 60.1 cm³/mol. The van der Waals surface area contributed by atoms with Gasteiger partial charge < -0.3 is 5.11 Å². The van der Waals surface area contributed by atoms with Crippen molar-refractivity contribution in [3.8, 4) is 0 Å². The van der Waals surface area contributed by atoms with Gasteiger partial charge in [-0.15, -0.1) is 10.2 Å². The van der Waals surface area contributed by atoms with Crippen molar-refractivity contribution in [1.82, 2.24) is 24.8 Å². The first kappa shape index (κ1) is 15.8. The Balaban J connectivity index is 2.39. The molecule has 1 unspecified atom stereocenters. The molecule has 0 aliphatic rings. The number of aliphatic hydroxyl groups excluding tert-OH is 1. The van der Waals surface area contributed by atoms with Gasteiger partial charge in [-0.25, -0.2) is 4.68 Å². The Kier molecular flexibility index (Phi) is 4.07. The minimum atomic E-state index is -4.59. The van der Waals surface area contributed by atoms with E-state index < -0.39 is 41.9 Å². The van der Waals surface area contributed by atoms with Gasteiger partial charge in [-0.2, -0.15) is 17.6 Å².